The SMILES string of the molecule is COC[C@H]1CN(C(C)=O)CC12CCN(Cc1cccc3ccccc13)CC2. The number of nitrogens with zero attached hydrogens (tertiary/aromatic N) is 2. The number of likely N-dealkylation sites (tertiary alicyclic amines) is 2. The highest BCUT2D eigenvalue weighted by molar-refractivity contribution is 5.85. The van der Waals surface area contributed by atoms with E-state index in [0.717, 1.165) is 52.2 Å². The summed E-state index contributed by atoms with van der Waals surface area (Å²) in [6.07, 6.45) is 2.30. The van der Waals surface area contributed by atoms with Gasteiger partial charge in [0, 0.05) is 39.6 Å². The van der Waals surface area contributed by atoms with E-state index in [-0.39, 0.29) is 11.3 Å². The van der Waals surface area contributed by atoms with Crippen LogP contribution in [-0.4, -0.2) is 55.6 Å². The minimum atomic E-state index is 0.200. The Labute approximate surface area is 162 Å². The first kappa shape index (κ1) is 18.5. The quantitative estimate of drug-likeness (QED) is 0.830. The molecular formula is C23H30N2O2. The molecule has 1 spiro atoms. The van der Waals surface area contributed by atoms with E-state index in [1.165, 1.54) is 16.3 Å². The highest BCUT2D eigenvalue weighted by Gasteiger charge is 2.48. The summed E-state index contributed by atoms with van der Waals surface area (Å²) in [5, 5.41) is 2.68. The molecule has 1 amide bonds. The van der Waals surface area contributed by atoms with E-state index in [2.05, 4.69) is 47.4 Å². The lowest BCUT2D eigenvalue weighted by Crippen LogP contribution is -2.45. The van der Waals surface area contributed by atoms with E-state index < -0.39 is 0 Å². The van der Waals surface area contributed by atoms with Gasteiger partial charge in [-0.3, -0.25) is 9.69 Å². The first-order chi connectivity index (χ1) is 13.1. The van der Waals surface area contributed by atoms with Crippen LogP contribution < -0.4 is 0 Å². The second kappa shape index (κ2) is 7.61. The fourth-order valence-corrected chi connectivity index (χ4v) is 5.10. The van der Waals surface area contributed by atoms with Crippen molar-refractivity contribution in [2.45, 2.75) is 26.3 Å². The van der Waals surface area contributed by atoms with E-state index in [4.69, 9.17) is 4.74 Å². The molecule has 0 radical (unpaired) electrons. The lowest BCUT2D eigenvalue weighted by atomic mass is 9.71. The van der Waals surface area contributed by atoms with Gasteiger partial charge in [-0.25, -0.2) is 0 Å². The number of carbonyl (C=O) groups is 1. The van der Waals surface area contributed by atoms with Crippen molar-refractivity contribution in [3.63, 3.8) is 0 Å². The normalized spacial score (nSPS) is 22.6. The Morgan fingerprint density at radius 1 is 1.15 bits per heavy atom. The van der Waals surface area contributed by atoms with Gasteiger partial charge in [-0.15, -0.1) is 0 Å². The predicted octanol–water partition coefficient (Wildman–Crippen LogP) is 3.55. The van der Waals surface area contributed by atoms with Crippen LogP contribution in [0.25, 0.3) is 10.8 Å². The summed E-state index contributed by atoms with van der Waals surface area (Å²) in [5.41, 5.74) is 1.64. The van der Waals surface area contributed by atoms with Gasteiger partial charge < -0.3 is 9.64 Å². The average molecular weight is 367 g/mol. The van der Waals surface area contributed by atoms with Crippen molar-refractivity contribution in [1.82, 2.24) is 9.80 Å². The van der Waals surface area contributed by atoms with Gasteiger partial charge in [-0.05, 0) is 47.7 Å². The van der Waals surface area contributed by atoms with Crippen molar-refractivity contribution in [2.75, 3.05) is 39.9 Å². The number of benzene rings is 2. The third-order valence-electron chi connectivity index (χ3n) is 6.75. The Balaban J connectivity index is 1.46. The van der Waals surface area contributed by atoms with E-state index in [1.54, 1.807) is 14.0 Å². The Morgan fingerprint density at radius 3 is 2.63 bits per heavy atom. The minimum absolute atomic E-state index is 0.200. The topological polar surface area (TPSA) is 32.8 Å². The van der Waals surface area contributed by atoms with Crippen molar-refractivity contribution in [3.05, 3.63) is 48.0 Å². The molecule has 4 heteroatoms. The molecular weight excluding hydrogens is 336 g/mol. The molecule has 1 atom stereocenters. The Bertz CT molecular complexity index is 806. The van der Waals surface area contributed by atoms with Gasteiger partial charge in [0.2, 0.25) is 5.91 Å². The van der Waals surface area contributed by atoms with Crippen molar-refractivity contribution >= 4 is 16.7 Å². The summed E-state index contributed by atoms with van der Waals surface area (Å²) < 4.78 is 5.50. The maximum atomic E-state index is 11.9. The van der Waals surface area contributed by atoms with Crippen LogP contribution in [0.5, 0.6) is 0 Å². The third-order valence-corrected chi connectivity index (χ3v) is 6.75. The molecule has 27 heavy (non-hydrogen) atoms. The monoisotopic (exact) mass is 366 g/mol. The fourth-order valence-electron chi connectivity index (χ4n) is 5.10. The number of ether oxygens (including phenoxy) is 1. The van der Waals surface area contributed by atoms with Crippen LogP contribution in [0.4, 0.5) is 0 Å². The molecule has 2 aliphatic rings. The second-order valence-corrected chi connectivity index (χ2v) is 8.33. The number of hydrogen-bond acceptors (Lipinski definition) is 3. The maximum Gasteiger partial charge on any atom is 0.219 e. The number of carbonyl (C=O) groups excluding carboxylic acids is 1. The summed E-state index contributed by atoms with van der Waals surface area (Å²) in [6, 6.07) is 15.3. The van der Waals surface area contributed by atoms with E-state index in [9.17, 15) is 4.79 Å². The summed E-state index contributed by atoms with van der Waals surface area (Å²) in [5.74, 6) is 0.664. The van der Waals surface area contributed by atoms with Crippen molar-refractivity contribution < 1.29 is 9.53 Å². The number of methoxy groups -OCH3 is 1. The molecule has 0 saturated carbocycles. The van der Waals surface area contributed by atoms with E-state index in [1.807, 2.05) is 4.90 Å². The van der Waals surface area contributed by atoms with Crippen LogP contribution >= 0.6 is 0 Å². The number of rotatable bonds is 4. The number of hydrogen-bond donors (Lipinski definition) is 0. The second-order valence-electron chi connectivity index (χ2n) is 8.33. The van der Waals surface area contributed by atoms with Gasteiger partial charge in [0.15, 0.2) is 0 Å². The number of piperidine rings is 1. The van der Waals surface area contributed by atoms with Crippen LogP contribution in [0.15, 0.2) is 42.5 Å². The van der Waals surface area contributed by atoms with Crippen LogP contribution in [-0.2, 0) is 16.1 Å². The molecule has 144 valence electrons. The number of amides is 1. The molecule has 0 bridgehead atoms. The van der Waals surface area contributed by atoms with Crippen molar-refractivity contribution in [1.29, 1.82) is 0 Å². The van der Waals surface area contributed by atoms with Crippen molar-refractivity contribution in [2.24, 2.45) is 11.3 Å². The zero-order chi connectivity index (χ0) is 18.9. The maximum absolute atomic E-state index is 11.9. The molecule has 0 aromatic heterocycles. The minimum Gasteiger partial charge on any atom is -0.384 e. The van der Waals surface area contributed by atoms with Gasteiger partial charge in [0.25, 0.3) is 0 Å². The highest BCUT2D eigenvalue weighted by Crippen LogP contribution is 2.45. The van der Waals surface area contributed by atoms with Gasteiger partial charge >= 0.3 is 0 Å². The van der Waals surface area contributed by atoms with Gasteiger partial charge in [-0.1, -0.05) is 42.5 Å². The van der Waals surface area contributed by atoms with Gasteiger partial charge in [0.05, 0.1) is 6.61 Å². The molecule has 4 rings (SSSR count). The smallest absolute Gasteiger partial charge is 0.219 e. The van der Waals surface area contributed by atoms with Crippen LogP contribution in [0.1, 0.15) is 25.3 Å². The van der Waals surface area contributed by atoms with Crippen molar-refractivity contribution in [3.8, 4) is 0 Å². The molecule has 2 heterocycles. The summed E-state index contributed by atoms with van der Waals surface area (Å²) in [6.45, 7) is 7.39. The van der Waals surface area contributed by atoms with E-state index in [0.29, 0.717) is 5.92 Å². The average Bonchev–Trinajstić information content (AvgIpc) is 3.03. The third kappa shape index (κ3) is 3.61. The molecule has 2 aromatic carbocycles. The predicted molar refractivity (Wildman–Crippen MR) is 109 cm³/mol. The van der Waals surface area contributed by atoms with Gasteiger partial charge in [0.1, 0.15) is 0 Å². The summed E-state index contributed by atoms with van der Waals surface area (Å²) >= 11 is 0. The number of fused-ring (bicyclic) bond motifs is 1. The van der Waals surface area contributed by atoms with Gasteiger partial charge in [-0.2, -0.15) is 0 Å². The van der Waals surface area contributed by atoms with E-state index >= 15 is 0 Å². The Morgan fingerprint density at radius 2 is 1.89 bits per heavy atom. The standard InChI is InChI=1S/C23H30N2O2/c1-18(26)25-15-21(16-27-2)23(17-25)10-12-24(13-11-23)14-20-8-5-7-19-6-3-4-9-22(19)20/h3-9,21H,10-17H2,1-2H3/t21-/m1/s1. The molecule has 2 saturated heterocycles. The summed E-state index contributed by atoms with van der Waals surface area (Å²) in [4.78, 5) is 16.5. The molecule has 0 N–H and O–H groups in total. The molecule has 4 nitrogen and oxygen atoms in total. The zero-order valence-corrected chi connectivity index (χ0v) is 16.5. The molecule has 2 aliphatic heterocycles. The first-order valence-electron chi connectivity index (χ1n) is 10.0. The zero-order valence-electron chi connectivity index (χ0n) is 16.5. The van der Waals surface area contributed by atoms with Crippen LogP contribution in [0.2, 0.25) is 0 Å². The highest BCUT2D eigenvalue weighted by atomic mass is 16.5. The Hall–Kier alpha value is -1.91. The summed E-state index contributed by atoms with van der Waals surface area (Å²) in [7, 11) is 1.78. The van der Waals surface area contributed by atoms with Crippen LogP contribution in [0, 0.1) is 11.3 Å². The molecule has 0 aliphatic carbocycles. The molecule has 2 aromatic rings. The largest absolute Gasteiger partial charge is 0.384 e. The lowest BCUT2D eigenvalue weighted by Gasteiger charge is -2.42. The molecule has 2 fully saturated rings. The van der Waals surface area contributed by atoms with Crippen LogP contribution in [0.3, 0.4) is 0 Å². The Kier molecular flexibility index (Phi) is 5.20. The molecule has 0 unspecified atom stereocenters. The first-order valence-corrected chi connectivity index (χ1v) is 10.0. The lowest BCUT2D eigenvalue weighted by molar-refractivity contribution is -0.128. The fraction of sp³-hybridized carbons (Fsp3) is 0.522.